The quantitative estimate of drug-likeness (QED) is 0.448. The Kier molecular flexibility index (Phi) is 4.19. The summed E-state index contributed by atoms with van der Waals surface area (Å²) < 4.78 is 0.695. The third-order valence-electron chi connectivity index (χ3n) is 3.67. The number of thiophene rings is 1. The van der Waals surface area contributed by atoms with E-state index < -0.39 is 0 Å². The minimum atomic E-state index is 0.695. The molecule has 24 heavy (non-hydrogen) atoms. The van der Waals surface area contributed by atoms with E-state index in [1.807, 2.05) is 47.8 Å². The molecular formula is C19H12BrN3S. The van der Waals surface area contributed by atoms with Crippen LogP contribution in [-0.2, 0) is 0 Å². The maximum absolute atomic E-state index is 4.52. The first-order valence-electron chi connectivity index (χ1n) is 7.41. The highest BCUT2D eigenvalue weighted by Crippen LogP contribution is 2.41. The fourth-order valence-electron chi connectivity index (χ4n) is 2.63. The SMILES string of the molecule is Brc1nnc(-c2cccs2)c(-c2ccccc2)c1-c1ccccn1. The molecule has 0 saturated heterocycles. The van der Waals surface area contributed by atoms with Crippen LogP contribution in [0.1, 0.15) is 0 Å². The van der Waals surface area contributed by atoms with E-state index >= 15 is 0 Å². The largest absolute Gasteiger partial charge is 0.256 e. The lowest BCUT2D eigenvalue weighted by molar-refractivity contribution is 1.02. The molecule has 3 heterocycles. The minimum absolute atomic E-state index is 0.695. The predicted molar refractivity (Wildman–Crippen MR) is 102 cm³/mol. The van der Waals surface area contributed by atoms with Gasteiger partial charge in [0.05, 0.1) is 10.6 Å². The summed E-state index contributed by atoms with van der Waals surface area (Å²) in [5.74, 6) is 0. The van der Waals surface area contributed by atoms with Gasteiger partial charge >= 0.3 is 0 Å². The zero-order valence-electron chi connectivity index (χ0n) is 12.6. The van der Waals surface area contributed by atoms with E-state index in [1.54, 1.807) is 17.5 Å². The lowest BCUT2D eigenvalue weighted by atomic mass is 9.96. The van der Waals surface area contributed by atoms with Crippen molar-refractivity contribution in [3.63, 3.8) is 0 Å². The monoisotopic (exact) mass is 393 g/mol. The standard InChI is InChI=1S/C19H12BrN3S/c20-19-17(14-9-4-5-11-21-14)16(13-7-2-1-3-8-13)18(22-23-19)15-10-6-12-24-15/h1-12H. The molecule has 0 amide bonds. The Morgan fingerprint density at radius 2 is 1.62 bits per heavy atom. The van der Waals surface area contributed by atoms with Gasteiger partial charge in [0, 0.05) is 17.3 Å². The Hall–Kier alpha value is -2.37. The third kappa shape index (κ3) is 2.77. The Labute approximate surface area is 152 Å². The van der Waals surface area contributed by atoms with Crippen molar-refractivity contribution in [3.05, 3.63) is 76.8 Å². The van der Waals surface area contributed by atoms with E-state index in [1.165, 1.54) is 0 Å². The molecule has 1 aromatic carbocycles. The van der Waals surface area contributed by atoms with Gasteiger partial charge in [-0.05, 0) is 45.1 Å². The van der Waals surface area contributed by atoms with E-state index in [-0.39, 0.29) is 0 Å². The summed E-state index contributed by atoms with van der Waals surface area (Å²) >= 11 is 5.22. The Bertz CT molecular complexity index is 955. The van der Waals surface area contributed by atoms with Crippen LogP contribution >= 0.6 is 27.3 Å². The van der Waals surface area contributed by atoms with Crippen LogP contribution in [0.15, 0.2) is 76.8 Å². The smallest absolute Gasteiger partial charge is 0.138 e. The van der Waals surface area contributed by atoms with Crippen LogP contribution in [0, 0.1) is 0 Å². The van der Waals surface area contributed by atoms with Gasteiger partial charge < -0.3 is 0 Å². The van der Waals surface area contributed by atoms with Gasteiger partial charge in [0.1, 0.15) is 10.3 Å². The summed E-state index contributed by atoms with van der Waals surface area (Å²) in [5.41, 5.74) is 4.84. The van der Waals surface area contributed by atoms with Gasteiger partial charge in [-0.1, -0.05) is 42.5 Å². The second-order valence-corrected chi connectivity index (χ2v) is 6.85. The van der Waals surface area contributed by atoms with Crippen molar-refractivity contribution in [3.8, 4) is 33.0 Å². The van der Waals surface area contributed by atoms with E-state index in [9.17, 15) is 0 Å². The fourth-order valence-corrected chi connectivity index (χ4v) is 3.83. The van der Waals surface area contributed by atoms with Crippen molar-refractivity contribution >= 4 is 27.3 Å². The molecule has 0 aliphatic heterocycles. The van der Waals surface area contributed by atoms with Crippen LogP contribution in [0.5, 0.6) is 0 Å². The molecule has 0 unspecified atom stereocenters. The maximum Gasteiger partial charge on any atom is 0.138 e. The van der Waals surface area contributed by atoms with E-state index in [0.717, 1.165) is 33.0 Å². The molecule has 0 bridgehead atoms. The molecule has 0 radical (unpaired) electrons. The van der Waals surface area contributed by atoms with Crippen LogP contribution in [-0.4, -0.2) is 15.2 Å². The van der Waals surface area contributed by atoms with Gasteiger partial charge in [-0.2, -0.15) is 0 Å². The molecule has 0 spiro atoms. The molecule has 0 fully saturated rings. The zero-order chi connectivity index (χ0) is 16.4. The summed E-state index contributed by atoms with van der Waals surface area (Å²) in [6.07, 6.45) is 1.79. The molecule has 3 nitrogen and oxygen atoms in total. The second-order valence-electron chi connectivity index (χ2n) is 5.15. The molecule has 4 rings (SSSR count). The molecular weight excluding hydrogens is 382 g/mol. The lowest BCUT2D eigenvalue weighted by Gasteiger charge is -2.14. The average Bonchev–Trinajstić information content (AvgIpc) is 3.17. The number of pyridine rings is 1. The first-order valence-corrected chi connectivity index (χ1v) is 9.09. The molecule has 0 saturated carbocycles. The minimum Gasteiger partial charge on any atom is -0.256 e. The van der Waals surface area contributed by atoms with Gasteiger partial charge in [-0.3, -0.25) is 4.98 Å². The zero-order valence-corrected chi connectivity index (χ0v) is 15.0. The van der Waals surface area contributed by atoms with Crippen molar-refractivity contribution in [2.75, 3.05) is 0 Å². The van der Waals surface area contributed by atoms with E-state index in [2.05, 4.69) is 49.3 Å². The van der Waals surface area contributed by atoms with Gasteiger partial charge in [0.15, 0.2) is 0 Å². The highest BCUT2D eigenvalue weighted by Gasteiger charge is 2.20. The number of rotatable bonds is 3. The first kappa shape index (κ1) is 15.2. The van der Waals surface area contributed by atoms with Gasteiger partial charge in [-0.15, -0.1) is 21.5 Å². The number of hydrogen-bond acceptors (Lipinski definition) is 4. The van der Waals surface area contributed by atoms with Crippen molar-refractivity contribution < 1.29 is 0 Å². The third-order valence-corrected chi connectivity index (χ3v) is 5.10. The Morgan fingerprint density at radius 1 is 0.792 bits per heavy atom. The number of nitrogens with zero attached hydrogens (tertiary/aromatic N) is 3. The van der Waals surface area contributed by atoms with Gasteiger partial charge in [0.2, 0.25) is 0 Å². The number of aromatic nitrogens is 3. The fraction of sp³-hybridized carbons (Fsp3) is 0. The highest BCUT2D eigenvalue weighted by molar-refractivity contribution is 9.10. The molecule has 3 aromatic heterocycles. The molecule has 0 aliphatic rings. The predicted octanol–water partition coefficient (Wildman–Crippen LogP) is 5.70. The van der Waals surface area contributed by atoms with Crippen LogP contribution < -0.4 is 0 Å². The lowest BCUT2D eigenvalue weighted by Crippen LogP contribution is -1.98. The molecule has 116 valence electrons. The second kappa shape index (κ2) is 6.63. The van der Waals surface area contributed by atoms with Crippen molar-refractivity contribution in [1.82, 2.24) is 15.2 Å². The molecule has 0 N–H and O–H groups in total. The summed E-state index contributed by atoms with van der Waals surface area (Å²) in [5, 5.41) is 10.8. The van der Waals surface area contributed by atoms with Gasteiger partial charge in [0.25, 0.3) is 0 Å². The van der Waals surface area contributed by atoms with Gasteiger partial charge in [-0.25, -0.2) is 0 Å². The summed E-state index contributed by atoms with van der Waals surface area (Å²) in [4.78, 5) is 5.61. The summed E-state index contributed by atoms with van der Waals surface area (Å²) in [7, 11) is 0. The van der Waals surface area contributed by atoms with Crippen molar-refractivity contribution in [2.45, 2.75) is 0 Å². The summed E-state index contributed by atoms with van der Waals surface area (Å²) in [6.45, 7) is 0. The number of hydrogen-bond donors (Lipinski definition) is 0. The van der Waals surface area contributed by atoms with E-state index in [0.29, 0.717) is 4.60 Å². The summed E-state index contributed by atoms with van der Waals surface area (Å²) in [6, 6.07) is 20.2. The van der Waals surface area contributed by atoms with Crippen molar-refractivity contribution in [2.24, 2.45) is 0 Å². The number of benzene rings is 1. The maximum atomic E-state index is 4.52. The highest BCUT2D eigenvalue weighted by atomic mass is 79.9. The van der Waals surface area contributed by atoms with Crippen LogP contribution in [0.3, 0.4) is 0 Å². The molecule has 5 heteroatoms. The molecule has 0 aliphatic carbocycles. The Morgan fingerprint density at radius 3 is 2.33 bits per heavy atom. The average molecular weight is 394 g/mol. The van der Waals surface area contributed by atoms with Crippen molar-refractivity contribution in [1.29, 1.82) is 0 Å². The Balaban J connectivity index is 2.08. The van der Waals surface area contributed by atoms with Crippen LogP contribution in [0.25, 0.3) is 33.0 Å². The number of halogens is 1. The van der Waals surface area contributed by atoms with Crippen LogP contribution in [0.2, 0.25) is 0 Å². The topological polar surface area (TPSA) is 38.7 Å². The normalized spacial score (nSPS) is 10.7. The molecule has 0 atom stereocenters. The molecule has 4 aromatic rings. The van der Waals surface area contributed by atoms with E-state index in [4.69, 9.17) is 0 Å². The first-order chi connectivity index (χ1) is 11.8. The van der Waals surface area contributed by atoms with Crippen LogP contribution in [0.4, 0.5) is 0 Å².